The third-order valence-corrected chi connectivity index (χ3v) is 3.44. The largest absolute Gasteiger partial charge is 0.478 e. The summed E-state index contributed by atoms with van der Waals surface area (Å²) in [7, 11) is 2.13. The summed E-state index contributed by atoms with van der Waals surface area (Å²) in [6, 6.07) is 1.44. The monoisotopic (exact) mass is 264 g/mol. The third-order valence-electron chi connectivity index (χ3n) is 3.44. The summed E-state index contributed by atoms with van der Waals surface area (Å²) in [6.45, 7) is 3.04. The van der Waals surface area contributed by atoms with Gasteiger partial charge in [0.2, 0.25) is 0 Å². The molecule has 4 N–H and O–H groups in total. The molecule has 6 nitrogen and oxygen atoms in total. The molecule has 1 aliphatic rings. The quantitative estimate of drug-likeness (QED) is 0.754. The van der Waals surface area contributed by atoms with Crippen molar-refractivity contribution in [2.24, 2.45) is 5.92 Å². The zero-order valence-corrected chi connectivity index (χ0v) is 11.1. The van der Waals surface area contributed by atoms with Crippen molar-refractivity contribution >= 4 is 17.5 Å². The number of nitrogens with one attached hydrogen (secondary N) is 1. The molecule has 1 saturated heterocycles. The SMILES string of the molecule is CN1CCCC(CNc2ncc(C(=O)O)cc2N)C1. The number of rotatable bonds is 4. The van der Waals surface area contributed by atoms with Crippen molar-refractivity contribution in [3.05, 3.63) is 17.8 Å². The number of carboxylic acids is 1. The maximum absolute atomic E-state index is 10.8. The van der Waals surface area contributed by atoms with Crippen LogP contribution < -0.4 is 11.1 Å². The number of likely N-dealkylation sites (tertiary alicyclic amines) is 1. The molecule has 0 aromatic carbocycles. The number of hydrogen-bond donors (Lipinski definition) is 3. The van der Waals surface area contributed by atoms with E-state index in [9.17, 15) is 4.79 Å². The van der Waals surface area contributed by atoms with E-state index in [1.54, 1.807) is 0 Å². The van der Waals surface area contributed by atoms with Crippen molar-refractivity contribution in [2.45, 2.75) is 12.8 Å². The number of nitrogens with two attached hydrogens (primary N) is 1. The Morgan fingerprint density at radius 3 is 3.11 bits per heavy atom. The summed E-state index contributed by atoms with van der Waals surface area (Å²) in [5.74, 6) is 0.136. The molecule has 1 aliphatic heterocycles. The Kier molecular flexibility index (Phi) is 4.21. The van der Waals surface area contributed by atoms with Gasteiger partial charge in [0, 0.05) is 19.3 Å². The van der Waals surface area contributed by atoms with E-state index in [2.05, 4.69) is 22.2 Å². The molecule has 0 bridgehead atoms. The summed E-state index contributed by atoms with van der Waals surface area (Å²) < 4.78 is 0. The van der Waals surface area contributed by atoms with E-state index in [1.165, 1.54) is 25.1 Å². The number of aromatic carboxylic acids is 1. The van der Waals surface area contributed by atoms with Crippen LogP contribution in [-0.2, 0) is 0 Å². The standard InChI is InChI=1S/C13H20N4O2/c1-17-4-2-3-9(8-17)6-15-12-11(14)5-10(7-16-12)13(18)19/h5,7,9H,2-4,6,8,14H2,1H3,(H,15,16)(H,18,19). The number of carboxylic acid groups (broad SMARTS) is 1. The lowest BCUT2D eigenvalue weighted by molar-refractivity contribution is 0.0696. The van der Waals surface area contributed by atoms with Gasteiger partial charge in [-0.05, 0) is 38.4 Å². The van der Waals surface area contributed by atoms with Crippen molar-refractivity contribution in [3.63, 3.8) is 0 Å². The van der Waals surface area contributed by atoms with Gasteiger partial charge in [-0.2, -0.15) is 0 Å². The number of nitrogen functional groups attached to an aromatic ring is 1. The second-order valence-electron chi connectivity index (χ2n) is 5.12. The molecule has 2 heterocycles. The number of carbonyl (C=O) groups is 1. The highest BCUT2D eigenvalue weighted by Crippen LogP contribution is 2.19. The Morgan fingerprint density at radius 1 is 1.68 bits per heavy atom. The first-order valence-electron chi connectivity index (χ1n) is 6.47. The minimum Gasteiger partial charge on any atom is -0.478 e. The lowest BCUT2D eigenvalue weighted by atomic mass is 9.98. The number of nitrogens with zero attached hydrogens (tertiary/aromatic N) is 2. The molecule has 1 unspecified atom stereocenters. The van der Waals surface area contributed by atoms with Crippen molar-refractivity contribution < 1.29 is 9.90 Å². The van der Waals surface area contributed by atoms with E-state index in [0.717, 1.165) is 19.6 Å². The highest BCUT2D eigenvalue weighted by Gasteiger charge is 2.17. The fourth-order valence-corrected chi connectivity index (χ4v) is 2.43. The molecular weight excluding hydrogens is 244 g/mol. The van der Waals surface area contributed by atoms with Crippen molar-refractivity contribution in [2.75, 3.05) is 37.7 Å². The smallest absolute Gasteiger partial charge is 0.337 e. The minimum absolute atomic E-state index is 0.112. The summed E-state index contributed by atoms with van der Waals surface area (Å²) >= 11 is 0. The van der Waals surface area contributed by atoms with Crippen LogP contribution >= 0.6 is 0 Å². The lowest BCUT2D eigenvalue weighted by Gasteiger charge is -2.29. The van der Waals surface area contributed by atoms with Crippen LogP contribution in [0.4, 0.5) is 11.5 Å². The van der Waals surface area contributed by atoms with E-state index < -0.39 is 5.97 Å². The first-order valence-corrected chi connectivity index (χ1v) is 6.47. The number of aromatic nitrogens is 1. The molecular formula is C13H20N4O2. The molecule has 19 heavy (non-hydrogen) atoms. The molecule has 0 saturated carbocycles. The molecule has 1 aromatic rings. The lowest BCUT2D eigenvalue weighted by Crippen LogP contribution is -2.35. The highest BCUT2D eigenvalue weighted by molar-refractivity contribution is 5.89. The van der Waals surface area contributed by atoms with Gasteiger partial charge in [-0.15, -0.1) is 0 Å². The van der Waals surface area contributed by atoms with Gasteiger partial charge < -0.3 is 21.1 Å². The average molecular weight is 264 g/mol. The van der Waals surface area contributed by atoms with Gasteiger partial charge in [0.15, 0.2) is 0 Å². The molecule has 6 heteroatoms. The Balaban J connectivity index is 1.94. The van der Waals surface area contributed by atoms with Crippen LogP contribution in [0.1, 0.15) is 23.2 Å². The van der Waals surface area contributed by atoms with Gasteiger partial charge in [0.05, 0.1) is 11.3 Å². The van der Waals surface area contributed by atoms with Gasteiger partial charge in [0.1, 0.15) is 5.82 Å². The highest BCUT2D eigenvalue weighted by atomic mass is 16.4. The molecule has 1 fully saturated rings. The molecule has 0 spiro atoms. The summed E-state index contributed by atoms with van der Waals surface area (Å²) in [4.78, 5) is 17.2. The first-order chi connectivity index (χ1) is 9.06. The van der Waals surface area contributed by atoms with E-state index >= 15 is 0 Å². The maximum atomic E-state index is 10.8. The Bertz CT molecular complexity index is 464. The Morgan fingerprint density at radius 2 is 2.47 bits per heavy atom. The van der Waals surface area contributed by atoms with Crippen LogP contribution in [0.15, 0.2) is 12.3 Å². The van der Waals surface area contributed by atoms with Gasteiger partial charge in [-0.3, -0.25) is 0 Å². The molecule has 1 aromatic heterocycles. The molecule has 0 radical (unpaired) electrons. The molecule has 104 valence electrons. The normalized spacial score (nSPS) is 20.2. The van der Waals surface area contributed by atoms with Gasteiger partial charge in [-0.1, -0.05) is 0 Å². The summed E-state index contributed by atoms with van der Waals surface area (Å²) in [6.07, 6.45) is 3.74. The number of hydrogen-bond acceptors (Lipinski definition) is 5. The topological polar surface area (TPSA) is 91.5 Å². The predicted molar refractivity (Wildman–Crippen MR) is 74.3 cm³/mol. The zero-order chi connectivity index (χ0) is 13.8. The number of anilines is 2. The number of piperidine rings is 1. The average Bonchev–Trinajstić information content (AvgIpc) is 2.37. The fourth-order valence-electron chi connectivity index (χ4n) is 2.43. The maximum Gasteiger partial charge on any atom is 0.337 e. The fraction of sp³-hybridized carbons (Fsp3) is 0.538. The van der Waals surface area contributed by atoms with Gasteiger partial charge >= 0.3 is 5.97 Å². The molecule has 0 amide bonds. The van der Waals surface area contributed by atoms with E-state index in [0.29, 0.717) is 17.4 Å². The van der Waals surface area contributed by atoms with Gasteiger partial charge in [0.25, 0.3) is 0 Å². The van der Waals surface area contributed by atoms with E-state index in [-0.39, 0.29) is 5.56 Å². The van der Waals surface area contributed by atoms with Crippen LogP contribution in [-0.4, -0.2) is 47.6 Å². The third kappa shape index (κ3) is 3.57. The zero-order valence-electron chi connectivity index (χ0n) is 11.1. The van der Waals surface area contributed by atoms with E-state index in [4.69, 9.17) is 10.8 Å². The van der Waals surface area contributed by atoms with Crippen LogP contribution in [0.3, 0.4) is 0 Å². The van der Waals surface area contributed by atoms with Crippen LogP contribution in [0, 0.1) is 5.92 Å². The second kappa shape index (κ2) is 5.88. The van der Waals surface area contributed by atoms with E-state index in [1.807, 2.05) is 0 Å². The Labute approximate surface area is 112 Å². The molecule has 0 aliphatic carbocycles. The van der Waals surface area contributed by atoms with Gasteiger partial charge in [-0.25, -0.2) is 9.78 Å². The van der Waals surface area contributed by atoms with Crippen molar-refractivity contribution in [1.29, 1.82) is 0 Å². The van der Waals surface area contributed by atoms with Crippen LogP contribution in [0.25, 0.3) is 0 Å². The number of pyridine rings is 1. The van der Waals surface area contributed by atoms with Crippen molar-refractivity contribution in [3.8, 4) is 0 Å². The second-order valence-corrected chi connectivity index (χ2v) is 5.12. The summed E-state index contributed by atoms with van der Waals surface area (Å²) in [5, 5.41) is 12.1. The predicted octanol–water partition coefficient (Wildman–Crippen LogP) is 1.12. The summed E-state index contributed by atoms with van der Waals surface area (Å²) in [5.41, 5.74) is 6.29. The Hall–Kier alpha value is -1.82. The van der Waals surface area contributed by atoms with Crippen molar-refractivity contribution in [1.82, 2.24) is 9.88 Å². The first kappa shape index (κ1) is 13.6. The minimum atomic E-state index is -1.01. The molecule has 1 atom stereocenters. The van der Waals surface area contributed by atoms with Crippen LogP contribution in [0.5, 0.6) is 0 Å². The van der Waals surface area contributed by atoms with Crippen LogP contribution in [0.2, 0.25) is 0 Å². The molecule has 2 rings (SSSR count).